The van der Waals surface area contributed by atoms with Gasteiger partial charge in [-0.05, 0) is 37.3 Å². The van der Waals surface area contributed by atoms with Crippen molar-refractivity contribution < 1.29 is 19.0 Å². The van der Waals surface area contributed by atoms with E-state index in [9.17, 15) is 4.79 Å². The van der Waals surface area contributed by atoms with Crippen LogP contribution in [0.2, 0.25) is 0 Å². The largest absolute Gasteiger partial charge is 0.454 e. The van der Waals surface area contributed by atoms with Crippen molar-refractivity contribution in [2.75, 3.05) is 38.9 Å². The number of morpholine rings is 1. The number of benzene rings is 1. The van der Waals surface area contributed by atoms with Crippen LogP contribution in [-0.2, 0) is 4.74 Å². The Morgan fingerprint density at radius 2 is 2.08 bits per heavy atom. The highest BCUT2D eigenvalue weighted by Crippen LogP contribution is 2.33. The lowest BCUT2D eigenvalue weighted by molar-refractivity contribution is -0.0247. The number of carbonyl (C=O) groups excluding carboxylic acids is 1. The Bertz CT molecular complexity index is 840. The van der Waals surface area contributed by atoms with Crippen molar-refractivity contribution in [3.63, 3.8) is 0 Å². The van der Waals surface area contributed by atoms with Crippen LogP contribution in [0, 0.1) is 6.92 Å². The zero-order valence-electron chi connectivity index (χ0n) is 14.8. The van der Waals surface area contributed by atoms with Crippen LogP contribution in [0.5, 0.6) is 11.5 Å². The van der Waals surface area contributed by atoms with Crippen LogP contribution in [0.15, 0.2) is 30.3 Å². The smallest absolute Gasteiger partial charge is 0.254 e. The molecule has 2 aliphatic heterocycles. The summed E-state index contributed by atoms with van der Waals surface area (Å²) >= 11 is 0. The van der Waals surface area contributed by atoms with Crippen molar-refractivity contribution in [2.45, 2.75) is 13.0 Å². The maximum atomic E-state index is 12.9. The predicted octanol–water partition coefficient (Wildman–Crippen LogP) is 2.37. The van der Waals surface area contributed by atoms with Crippen LogP contribution in [0.1, 0.15) is 27.8 Å². The molecule has 1 unspecified atom stereocenters. The lowest BCUT2D eigenvalue weighted by Gasteiger charge is -2.33. The summed E-state index contributed by atoms with van der Waals surface area (Å²) in [6, 6.07) is 9.21. The van der Waals surface area contributed by atoms with Crippen molar-refractivity contribution in [1.82, 2.24) is 9.88 Å². The molecule has 0 saturated carbocycles. The van der Waals surface area contributed by atoms with Crippen molar-refractivity contribution in [2.24, 2.45) is 0 Å². The molecule has 0 radical (unpaired) electrons. The molecule has 7 nitrogen and oxygen atoms in total. The number of nitrogens with one attached hydrogen (secondary N) is 1. The third-order valence-electron chi connectivity index (χ3n) is 4.56. The molecular weight excluding hydrogens is 334 g/mol. The number of carbonyl (C=O) groups is 1. The number of hydrogen-bond acceptors (Lipinski definition) is 6. The molecule has 2 aromatic rings. The van der Waals surface area contributed by atoms with Crippen molar-refractivity contribution in [3.8, 4) is 11.5 Å². The maximum Gasteiger partial charge on any atom is 0.254 e. The minimum atomic E-state index is -0.242. The lowest BCUT2D eigenvalue weighted by atomic mass is 10.1. The Balaban J connectivity index is 1.53. The Hall–Kier alpha value is -2.80. The van der Waals surface area contributed by atoms with Gasteiger partial charge in [-0.25, -0.2) is 0 Å². The summed E-state index contributed by atoms with van der Waals surface area (Å²) in [7, 11) is 1.87. The number of anilines is 1. The second-order valence-electron chi connectivity index (χ2n) is 6.35. The topological polar surface area (TPSA) is 72.9 Å². The van der Waals surface area contributed by atoms with E-state index in [0.29, 0.717) is 36.8 Å². The van der Waals surface area contributed by atoms with E-state index in [2.05, 4.69) is 10.3 Å². The van der Waals surface area contributed by atoms with Crippen LogP contribution < -0.4 is 14.8 Å². The molecular formula is C19H21N3O4. The van der Waals surface area contributed by atoms with E-state index >= 15 is 0 Å². The molecule has 0 spiro atoms. The first-order valence-corrected chi connectivity index (χ1v) is 8.61. The predicted molar refractivity (Wildman–Crippen MR) is 95.7 cm³/mol. The number of aryl methyl sites for hydroxylation is 1. The normalized spacial score (nSPS) is 18.7. The van der Waals surface area contributed by atoms with Crippen LogP contribution >= 0.6 is 0 Å². The van der Waals surface area contributed by atoms with Gasteiger partial charge < -0.3 is 24.4 Å². The number of fused-ring (bicyclic) bond motifs is 1. The van der Waals surface area contributed by atoms with E-state index in [4.69, 9.17) is 14.2 Å². The number of nitrogens with zero attached hydrogens (tertiary/aromatic N) is 2. The summed E-state index contributed by atoms with van der Waals surface area (Å²) < 4.78 is 16.6. The second-order valence-corrected chi connectivity index (χ2v) is 6.35. The molecule has 4 rings (SSSR count). The molecule has 1 amide bonds. The fourth-order valence-electron chi connectivity index (χ4n) is 3.23. The zero-order valence-corrected chi connectivity index (χ0v) is 14.8. The monoisotopic (exact) mass is 355 g/mol. The Morgan fingerprint density at radius 1 is 1.23 bits per heavy atom. The first-order valence-electron chi connectivity index (χ1n) is 8.61. The molecule has 136 valence electrons. The molecule has 26 heavy (non-hydrogen) atoms. The molecule has 1 N–H and O–H groups in total. The van der Waals surface area contributed by atoms with Crippen molar-refractivity contribution in [1.29, 1.82) is 0 Å². The molecule has 1 fully saturated rings. The van der Waals surface area contributed by atoms with E-state index < -0.39 is 0 Å². The lowest BCUT2D eigenvalue weighted by Crippen LogP contribution is -2.42. The third kappa shape index (κ3) is 3.17. The number of ether oxygens (including phenoxy) is 3. The highest BCUT2D eigenvalue weighted by molar-refractivity contribution is 5.95. The number of hydrogen-bond donors (Lipinski definition) is 1. The van der Waals surface area contributed by atoms with Gasteiger partial charge in [0, 0.05) is 30.5 Å². The molecule has 2 aliphatic rings. The van der Waals surface area contributed by atoms with E-state index in [-0.39, 0.29) is 18.8 Å². The van der Waals surface area contributed by atoms with E-state index in [1.165, 1.54) is 0 Å². The first-order chi connectivity index (χ1) is 12.6. The summed E-state index contributed by atoms with van der Waals surface area (Å²) in [4.78, 5) is 19.3. The van der Waals surface area contributed by atoms with Gasteiger partial charge in [-0.3, -0.25) is 9.78 Å². The molecule has 1 aromatic carbocycles. The SMILES string of the molecule is CNc1cc(C)nc(C2CN(C(=O)c3ccc4c(c3)OCO4)CCO2)c1. The molecule has 7 heteroatoms. The van der Waals surface area contributed by atoms with Crippen LogP contribution in [0.25, 0.3) is 0 Å². The van der Waals surface area contributed by atoms with Gasteiger partial charge in [0.25, 0.3) is 5.91 Å². The maximum absolute atomic E-state index is 12.9. The van der Waals surface area contributed by atoms with E-state index in [1.807, 2.05) is 26.1 Å². The van der Waals surface area contributed by atoms with Gasteiger partial charge in [-0.1, -0.05) is 0 Å². The van der Waals surface area contributed by atoms with Crippen molar-refractivity contribution >= 4 is 11.6 Å². The number of amides is 1. The summed E-state index contributed by atoms with van der Waals surface area (Å²) in [5.41, 5.74) is 3.31. The minimum Gasteiger partial charge on any atom is -0.454 e. The number of pyridine rings is 1. The average Bonchev–Trinajstić information content (AvgIpc) is 3.14. The highest BCUT2D eigenvalue weighted by Gasteiger charge is 2.28. The fourth-order valence-corrected chi connectivity index (χ4v) is 3.23. The van der Waals surface area contributed by atoms with Crippen molar-refractivity contribution in [3.05, 3.63) is 47.3 Å². The summed E-state index contributed by atoms with van der Waals surface area (Å²) in [6.07, 6.45) is -0.242. The van der Waals surface area contributed by atoms with Gasteiger partial charge >= 0.3 is 0 Å². The van der Waals surface area contributed by atoms with Gasteiger partial charge in [0.1, 0.15) is 6.10 Å². The summed E-state index contributed by atoms with van der Waals surface area (Å²) in [5, 5.41) is 3.13. The molecule has 3 heterocycles. The third-order valence-corrected chi connectivity index (χ3v) is 4.56. The Kier molecular flexibility index (Phi) is 4.38. The van der Waals surface area contributed by atoms with Crippen LogP contribution in [-0.4, -0.2) is 49.3 Å². The van der Waals surface area contributed by atoms with E-state index in [0.717, 1.165) is 17.1 Å². The molecule has 1 aromatic heterocycles. The van der Waals surface area contributed by atoms with Crippen LogP contribution in [0.3, 0.4) is 0 Å². The standard InChI is InChI=1S/C19H21N3O4/c1-12-7-14(20-2)9-15(21-12)18-10-22(5-6-24-18)19(23)13-3-4-16-17(8-13)26-11-25-16/h3-4,7-9,18H,5-6,10-11H2,1-2H3,(H,20,21). The van der Waals surface area contributed by atoms with Gasteiger partial charge in [-0.15, -0.1) is 0 Å². The van der Waals surface area contributed by atoms with Gasteiger partial charge in [-0.2, -0.15) is 0 Å². The van der Waals surface area contributed by atoms with E-state index in [1.54, 1.807) is 23.1 Å². The van der Waals surface area contributed by atoms with Gasteiger partial charge in [0.15, 0.2) is 11.5 Å². The molecule has 1 saturated heterocycles. The van der Waals surface area contributed by atoms with Crippen LogP contribution in [0.4, 0.5) is 5.69 Å². The highest BCUT2D eigenvalue weighted by atomic mass is 16.7. The number of aromatic nitrogens is 1. The molecule has 0 bridgehead atoms. The Labute approximate surface area is 151 Å². The molecule has 1 atom stereocenters. The number of rotatable bonds is 3. The van der Waals surface area contributed by atoms with Gasteiger partial charge in [0.2, 0.25) is 6.79 Å². The minimum absolute atomic E-state index is 0.0434. The fraction of sp³-hybridized carbons (Fsp3) is 0.368. The average molecular weight is 355 g/mol. The zero-order chi connectivity index (χ0) is 18.1. The molecule has 0 aliphatic carbocycles. The summed E-state index contributed by atoms with van der Waals surface area (Å²) in [5.74, 6) is 1.24. The van der Waals surface area contributed by atoms with Gasteiger partial charge in [0.05, 0.1) is 18.8 Å². The quantitative estimate of drug-likeness (QED) is 0.911. The Morgan fingerprint density at radius 3 is 2.92 bits per heavy atom. The second kappa shape index (κ2) is 6.84. The summed E-state index contributed by atoms with van der Waals surface area (Å²) in [6.45, 7) is 3.63. The first kappa shape index (κ1) is 16.7.